The highest BCUT2D eigenvalue weighted by atomic mass is 32.1. The number of hydrogen-bond donors (Lipinski definition) is 1. The van der Waals surface area contributed by atoms with Gasteiger partial charge < -0.3 is 10.3 Å². The number of aromatic nitrogens is 1. The molecule has 26 heavy (non-hydrogen) atoms. The van der Waals surface area contributed by atoms with Crippen molar-refractivity contribution in [3.8, 4) is 0 Å². The molecule has 1 aromatic carbocycles. The number of nitrogens with two attached hydrogens (primary N) is 1. The van der Waals surface area contributed by atoms with Gasteiger partial charge in [-0.05, 0) is 42.1 Å². The lowest BCUT2D eigenvalue weighted by Gasteiger charge is -2.21. The number of amides is 2. The molecule has 0 radical (unpaired) electrons. The van der Waals surface area contributed by atoms with E-state index in [1.54, 1.807) is 18.2 Å². The molecule has 1 aliphatic rings. The van der Waals surface area contributed by atoms with E-state index in [9.17, 15) is 14.0 Å². The van der Waals surface area contributed by atoms with Gasteiger partial charge in [0, 0.05) is 0 Å². The minimum atomic E-state index is -0.905. The summed E-state index contributed by atoms with van der Waals surface area (Å²) >= 11 is 1.53. The Labute approximate surface area is 152 Å². The van der Waals surface area contributed by atoms with Gasteiger partial charge in [0.05, 0.1) is 22.5 Å². The number of nitrogens with zero attached hydrogens (tertiary/aromatic N) is 3. The minimum Gasteiger partial charge on any atom is -0.368 e. The van der Waals surface area contributed by atoms with Gasteiger partial charge >= 0.3 is 0 Å². The van der Waals surface area contributed by atoms with Gasteiger partial charge in [-0.2, -0.15) is 5.10 Å². The smallest absolute Gasteiger partial charge is 0.291 e. The SMILES string of the molecule is C[C@@H](C(N)=O)N1N=C(c2ccc(F)cc2)Cn2c(cc3sccc32)C1=O. The van der Waals surface area contributed by atoms with Crippen molar-refractivity contribution in [2.24, 2.45) is 10.8 Å². The Morgan fingerprint density at radius 1 is 1.31 bits per heavy atom. The summed E-state index contributed by atoms with van der Waals surface area (Å²) in [6, 6.07) is 8.71. The maximum atomic E-state index is 13.3. The first kappa shape index (κ1) is 16.5. The Morgan fingerprint density at radius 3 is 2.73 bits per heavy atom. The van der Waals surface area contributed by atoms with Gasteiger partial charge in [-0.15, -0.1) is 11.3 Å². The van der Waals surface area contributed by atoms with E-state index in [1.165, 1.54) is 30.4 Å². The number of fused-ring (bicyclic) bond motifs is 3. The summed E-state index contributed by atoms with van der Waals surface area (Å²) in [5, 5.41) is 7.48. The van der Waals surface area contributed by atoms with Gasteiger partial charge in [-0.25, -0.2) is 9.40 Å². The van der Waals surface area contributed by atoms with Crippen LogP contribution in [-0.2, 0) is 11.3 Å². The topological polar surface area (TPSA) is 80.7 Å². The second kappa shape index (κ2) is 6.06. The maximum Gasteiger partial charge on any atom is 0.291 e. The fraction of sp³-hybridized carbons (Fsp3) is 0.167. The van der Waals surface area contributed by atoms with Crippen LogP contribution < -0.4 is 5.73 Å². The number of hydrazone groups is 1. The number of rotatable bonds is 3. The Bertz CT molecular complexity index is 1050. The number of hydrogen-bond acceptors (Lipinski definition) is 4. The molecule has 0 bridgehead atoms. The maximum absolute atomic E-state index is 13.3. The van der Waals surface area contributed by atoms with Gasteiger partial charge in [-0.1, -0.05) is 12.1 Å². The fourth-order valence-electron chi connectivity index (χ4n) is 2.97. The van der Waals surface area contributed by atoms with E-state index in [0.717, 1.165) is 15.2 Å². The largest absolute Gasteiger partial charge is 0.368 e. The summed E-state index contributed by atoms with van der Waals surface area (Å²) < 4.78 is 16.1. The lowest BCUT2D eigenvalue weighted by Crippen LogP contribution is -2.43. The zero-order chi connectivity index (χ0) is 18.4. The Hall–Kier alpha value is -3.00. The van der Waals surface area contributed by atoms with E-state index < -0.39 is 17.9 Å². The van der Waals surface area contributed by atoms with E-state index in [-0.39, 0.29) is 5.82 Å². The second-order valence-electron chi connectivity index (χ2n) is 6.07. The lowest BCUT2D eigenvalue weighted by atomic mass is 10.1. The molecule has 3 aromatic rings. The van der Waals surface area contributed by atoms with E-state index >= 15 is 0 Å². The molecule has 3 heterocycles. The molecule has 2 amide bonds. The van der Waals surface area contributed by atoms with Crippen LogP contribution in [0.4, 0.5) is 4.39 Å². The highest BCUT2D eigenvalue weighted by molar-refractivity contribution is 7.17. The third-order valence-corrected chi connectivity index (χ3v) is 5.30. The molecule has 0 saturated heterocycles. The highest BCUT2D eigenvalue weighted by Gasteiger charge is 2.32. The average Bonchev–Trinajstić information content (AvgIpc) is 3.17. The van der Waals surface area contributed by atoms with Gasteiger partial charge in [0.2, 0.25) is 5.91 Å². The van der Waals surface area contributed by atoms with Crippen LogP contribution in [0.2, 0.25) is 0 Å². The average molecular weight is 370 g/mol. The normalized spacial score (nSPS) is 15.5. The number of halogens is 1. The van der Waals surface area contributed by atoms with Crippen LogP contribution in [0.5, 0.6) is 0 Å². The first-order valence-electron chi connectivity index (χ1n) is 7.98. The number of thiophene rings is 1. The van der Waals surface area contributed by atoms with Gasteiger partial charge in [0.25, 0.3) is 5.91 Å². The van der Waals surface area contributed by atoms with E-state index in [2.05, 4.69) is 5.10 Å². The van der Waals surface area contributed by atoms with Gasteiger partial charge in [-0.3, -0.25) is 9.59 Å². The third-order valence-electron chi connectivity index (χ3n) is 4.44. The summed E-state index contributed by atoms with van der Waals surface area (Å²) in [7, 11) is 0. The van der Waals surface area contributed by atoms with Crippen LogP contribution in [0.25, 0.3) is 10.2 Å². The van der Waals surface area contributed by atoms with E-state index in [4.69, 9.17) is 5.73 Å². The Morgan fingerprint density at radius 2 is 2.04 bits per heavy atom. The number of carbonyl (C=O) groups excluding carboxylic acids is 2. The highest BCUT2D eigenvalue weighted by Crippen LogP contribution is 2.29. The van der Waals surface area contributed by atoms with E-state index in [0.29, 0.717) is 23.5 Å². The van der Waals surface area contributed by atoms with Crippen molar-refractivity contribution in [3.05, 3.63) is 58.9 Å². The summed E-state index contributed by atoms with van der Waals surface area (Å²) in [6.45, 7) is 1.86. The molecule has 2 N–H and O–H groups in total. The summed E-state index contributed by atoms with van der Waals surface area (Å²) in [5.41, 5.74) is 7.99. The molecule has 8 heteroatoms. The molecule has 1 atom stereocenters. The summed E-state index contributed by atoms with van der Waals surface area (Å²) in [5.74, 6) is -1.40. The first-order chi connectivity index (χ1) is 12.5. The minimum absolute atomic E-state index is 0.328. The van der Waals surface area contributed by atoms with Crippen LogP contribution in [0.15, 0.2) is 46.9 Å². The first-order valence-corrected chi connectivity index (χ1v) is 8.86. The molecule has 4 rings (SSSR count). The van der Waals surface area contributed by atoms with Crippen molar-refractivity contribution in [1.29, 1.82) is 0 Å². The second-order valence-corrected chi connectivity index (χ2v) is 7.02. The Kier molecular flexibility index (Phi) is 3.84. The van der Waals surface area contributed by atoms with Crippen LogP contribution in [-0.4, -0.2) is 33.1 Å². The van der Waals surface area contributed by atoms with Crippen molar-refractivity contribution in [2.45, 2.75) is 19.5 Å². The van der Waals surface area contributed by atoms with E-state index in [1.807, 2.05) is 16.0 Å². The fourth-order valence-corrected chi connectivity index (χ4v) is 3.80. The predicted molar refractivity (Wildman–Crippen MR) is 97.6 cm³/mol. The van der Waals surface area contributed by atoms with Crippen molar-refractivity contribution in [2.75, 3.05) is 0 Å². The molecular weight excluding hydrogens is 355 g/mol. The van der Waals surface area contributed by atoms with Gasteiger partial charge in [0.15, 0.2) is 0 Å². The Balaban J connectivity index is 1.90. The molecular formula is C18H15FN4O2S. The molecule has 0 fully saturated rings. The van der Waals surface area contributed by atoms with Crippen molar-refractivity contribution < 1.29 is 14.0 Å². The molecule has 6 nitrogen and oxygen atoms in total. The lowest BCUT2D eigenvalue weighted by molar-refractivity contribution is -0.121. The van der Waals surface area contributed by atoms with Crippen LogP contribution in [0.3, 0.4) is 0 Å². The molecule has 0 spiro atoms. The molecule has 1 aliphatic heterocycles. The number of primary amides is 1. The monoisotopic (exact) mass is 370 g/mol. The molecule has 132 valence electrons. The zero-order valence-corrected chi connectivity index (χ0v) is 14.7. The molecule has 0 saturated carbocycles. The summed E-state index contributed by atoms with van der Waals surface area (Å²) in [6.07, 6.45) is 0. The van der Waals surface area contributed by atoms with Crippen molar-refractivity contribution in [3.63, 3.8) is 0 Å². The zero-order valence-electron chi connectivity index (χ0n) is 13.8. The third kappa shape index (κ3) is 2.59. The molecule has 2 aromatic heterocycles. The van der Waals surface area contributed by atoms with Crippen LogP contribution in [0.1, 0.15) is 23.0 Å². The van der Waals surface area contributed by atoms with Crippen LogP contribution in [0, 0.1) is 5.82 Å². The molecule has 0 unspecified atom stereocenters. The van der Waals surface area contributed by atoms with Crippen LogP contribution >= 0.6 is 11.3 Å². The predicted octanol–water partition coefficient (Wildman–Crippen LogP) is 2.58. The van der Waals surface area contributed by atoms with Crippen molar-refractivity contribution >= 4 is 39.1 Å². The molecule has 0 aliphatic carbocycles. The van der Waals surface area contributed by atoms with Crippen molar-refractivity contribution in [1.82, 2.24) is 9.58 Å². The number of benzene rings is 1. The van der Waals surface area contributed by atoms with Gasteiger partial charge in [0.1, 0.15) is 17.6 Å². The summed E-state index contributed by atoms with van der Waals surface area (Å²) in [4.78, 5) is 24.7. The number of carbonyl (C=O) groups is 2. The quantitative estimate of drug-likeness (QED) is 0.769. The standard InChI is InChI=1S/C18H15FN4O2S/c1-10(17(20)24)23-18(25)15-8-16-14(6-7-26-16)22(15)9-13(21-23)11-2-4-12(19)5-3-11/h2-8,10H,9H2,1H3,(H2,20,24)/t10-/m0/s1.